The molecule has 6 heteroatoms. The van der Waals surface area contributed by atoms with Crippen LogP contribution in [0, 0.1) is 19.1 Å². The van der Waals surface area contributed by atoms with Gasteiger partial charge in [-0.05, 0) is 12.1 Å². The highest BCUT2D eigenvalue weighted by molar-refractivity contribution is 5.67. The number of carboxylic acids is 1. The van der Waals surface area contributed by atoms with E-state index in [9.17, 15) is 10.0 Å². The van der Waals surface area contributed by atoms with Gasteiger partial charge in [0, 0.05) is 20.0 Å². The molecule has 0 aliphatic heterocycles. The lowest BCUT2D eigenvalue weighted by molar-refractivity contribution is -0.600. The van der Waals surface area contributed by atoms with E-state index in [1.54, 1.807) is 38.2 Å². The summed E-state index contributed by atoms with van der Waals surface area (Å²) in [5.74, 6) is -0.737. The third kappa shape index (κ3) is 1.92. The van der Waals surface area contributed by atoms with E-state index in [0.717, 1.165) is 4.73 Å². The minimum absolute atomic E-state index is 0.256. The molecule has 0 spiro atoms. The second-order valence-electron chi connectivity index (χ2n) is 3.98. The maximum absolute atomic E-state index is 12.1. The number of aromatic nitrogens is 3. The third-order valence-electron chi connectivity index (χ3n) is 2.87. The monoisotopic (exact) mass is 247 g/mol. The molecule has 2 heterocycles. The van der Waals surface area contributed by atoms with E-state index in [-0.39, 0.29) is 12.4 Å². The minimum atomic E-state index is -0.995. The van der Waals surface area contributed by atoms with Gasteiger partial charge >= 0.3 is 11.8 Å². The smallest absolute Gasteiger partial charge is 0.346 e. The van der Waals surface area contributed by atoms with Crippen LogP contribution in [0.1, 0.15) is 11.4 Å². The second-order valence-corrected chi connectivity index (χ2v) is 3.98. The summed E-state index contributed by atoms with van der Waals surface area (Å²) in [6.07, 6.45) is 1.57. The van der Waals surface area contributed by atoms with Gasteiger partial charge in [0.2, 0.25) is 0 Å². The van der Waals surface area contributed by atoms with Crippen molar-refractivity contribution in [1.82, 2.24) is 9.55 Å². The molecule has 0 aliphatic carbocycles. The summed E-state index contributed by atoms with van der Waals surface area (Å²) in [5.41, 5.74) is 1.58. The molecule has 0 saturated carbocycles. The Morgan fingerprint density at radius 2 is 2.22 bits per heavy atom. The van der Waals surface area contributed by atoms with E-state index < -0.39 is 5.97 Å². The van der Waals surface area contributed by atoms with E-state index in [0.29, 0.717) is 17.1 Å². The van der Waals surface area contributed by atoms with Gasteiger partial charge in [-0.25, -0.2) is 19.1 Å². The number of carbonyl (C=O) groups is 1. The predicted octanol–water partition coefficient (Wildman–Crippen LogP) is 0.885. The summed E-state index contributed by atoms with van der Waals surface area (Å²) < 4.78 is 2.19. The molecule has 0 aliphatic rings. The maximum atomic E-state index is 12.1. The van der Waals surface area contributed by atoms with Crippen molar-refractivity contribution >= 4 is 5.97 Å². The molecule has 1 N–H and O–H groups in total. The molecule has 2 aromatic heterocycles. The topological polar surface area (TPSA) is 82.1 Å². The third-order valence-corrected chi connectivity index (χ3v) is 2.87. The molecule has 0 bridgehead atoms. The van der Waals surface area contributed by atoms with Crippen LogP contribution in [-0.2, 0) is 11.3 Å². The van der Waals surface area contributed by atoms with E-state index in [2.05, 4.69) is 4.98 Å². The Morgan fingerprint density at radius 3 is 2.78 bits per heavy atom. The van der Waals surface area contributed by atoms with Crippen molar-refractivity contribution in [3.05, 3.63) is 41.0 Å². The first-order chi connectivity index (χ1) is 8.52. The van der Waals surface area contributed by atoms with Crippen molar-refractivity contribution in [2.75, 3.05) is 0 Å². The predicted molar refractivity (Wildman–Crippen MR) is 63.7 cm³/mol. The summed E-state index contributed by atoms with van der Waals surface area (Å²) in [4.78, 5) is 15.0. The molecular formula is C12H13N3O3. The fourth-order valence-electron chi connectivity index (χ4n) is 1.84. The van der Waals surface area contributed by atoms with E-state index in [4.69, 9.17) is 5.11 Å². The van der Waals surface area contributed by atoms with Crippen molar-refractivity contribution in [1.29, 1.82) is 0 Å². The average Bonchev–Trinajstić information content (AvgIpc) is 2.55. The van der Waals surface area contributed by atoms with Gasteiger partial charge in [0.05, 0.1) is 0 Å². The highest BCUT2D eigenvalue weighted by atomic mass is 16.5. The lowest BCUT2D eigenvalue weighted by Gasteiger charge is -2.04. The van der Waals surface area contributed by atoms with E-state index in [1.807, 2.05) is 0 Å². The van der Waals surface area contributed by atoms with Crippen LogP contribution in [-0.4, -0.2) is 20.6 Å². The first-order valence-corrected chi connectivity index (χ1v) is 5.44. The summed E-state index contributed by atoms with van der Waals surface area (Å²) in [6, 6.07) is 5.18. The second kappa shape index (κ2) is 4.48. The average molecular weight is 247 g/mol. The molecule has 2 rings (SSSR count). The van der Waals surface area contributed by atoms with Crippen molar-refractivity contribution in [3.63, 3.8) is 0 Å². The first-order valence-electron chi connectivity index (χ1n) is 5.44. The van der Waals surface area contributed by atoms with Crippen LogP contribution in [0.15, 0.2) is 24.4 Å². The van der Waals surface area contributed by atoms with Crippen LogP contribution in [0.25, 0.3) is 11.5 Å². The number of imidazole rings is 1. The largest absolute Gasteiger partial charge is 0.710 e. The van der Waals surface area contributed by atoms with Crippen LogP contribution in [0.3, 0.4) is 0 Å². The Labute approximate surface area is 104 Å². The van der Waals surface area contributed by atoms with Crippen LogP contribution in [0.5, 0.6) is 0 Å². The number of carboxylic acid groups (broad SMARTS) is 1. The normalized spacial score (nSPS) is 10.6. The van der Waals surface area contributed by atoms with Crippen molar-refractivity contribution in [2.45, 2.75) is 20.4 Å². The highest BCUT2D eigenvalue weighted by Crippen LogP contribution is 2.17. The summed E-state index contributed by atoms with van der Waals surface area (Å²) in [7, 11) is 0. The van der Waals surface area contributed by atoms with Gasteiger partial charge in [-0.15, -0.1) is 0 Å². The lowest BCUT2D eigenvalue weighted by Crippen LogP contribution is -2.31. The van der Waals surface area contributed by atoms with E-state index in [1.165, 1.54) is 4.57 Å². The Bertz CT molecular complexity index is 590. The van der Waals surface area contributed by atoms with Gasteiger partial charge in [-0.2, -0.15) is 0 Å². The number of hydrogen-bond acceptors (Lipinski definition) is 3. The highest BCUT2D eigenvalue weighted by Gasteiger charge is 2.25. The number of pyridine rings is 1. The van der Waals surface area contributed by atoms with Crippen LogP contribution in [0.2, 0.25) is 0 Å². The summed E-state index contributed by atoms with van der Waals surface area (Å²) in [5, 5.41) is 21.0. The zero-order chi connectivity index (χ0) is 13.3. The van der Waals surface area contributed by atoms with Crippen molar-refractivity contribution in [3.8, 4) is 11.5 Å². The fraction of sp³-hybridized carbons (Fsp3) is 0.250. The van der Waals surface area contributed by atoms with Crippen molar-refractivity contribution in [2.24, 2.45) is 0 Å². The lowest BCUT2D eigenvalue weighted by atomic mass is 10.3. The molecule has 0 atom stereocenters. The zero-order valence-electron chi connectivity index (χ0n) is 10.1. The Balaban J connectivity index is 2.65. The van der Waals surface area contributed by atoms with Crippen LogP contribution in [0.4, 0.5) is 0 Å². The van der Waals surface area contributed by atoms with Gasteiger partial charge in [0.15, 0.2) is 12.2 Å². The summed E-state index contributed by atoms with van der Waals surface area (Å²) in [6.45, 7) is 3.13. The number of nitrogens with zero attached hydrogens (tertiary/aromatic N) is 3. The molecule has 0 saturated heterocycles. The summed E-state index contributed by atoms with van der Waals surface area (Å²) >= 11 is 0. The van der Waals surface area contributed by atoms with Gasteiger partial charge in [-0.1, -0.05) is 6.07 Å². The Morgan fingerprint density at radius 1 is 1.50 bits per heavy atom. The van der Waals surface area contributed by atoms with Gasteiger partial charge in [0.1, 0.15) is 11.4 Å². The molecule has 0 fully saturated rings. The van der Waals surface area contributed by atoms with Gasteiger partial charge in [0.25, 0.3) is 0 Å². The molecule has 0 amide bonds. The minimum Gasteiger partial charge on any atom is -0.710 e. The molecule has 0 unspecified atom stereocenters. The van der Waals surface area contributed by atoms with Crippen molar-refractivity contribution < 1.29 is 14.6 Å². The molecule has 94 valence electrons. The maximum Gasteiger partial charge on any atom is 0.346 e. The molecule has 2 aromatic rings. The van der Waals surface area contributed by atoms with Crippen LogP contribution >= 0.6 is 0 Å². The molecule has 0 radical (unpaired) electrons. The quantitative estimate of drug-likeness (QED) is 0.645. The molecule has 18 heavy (non-hydrogen) atoms. The number of rotatable bonds is 3. The molecule has 0 aromatic carbocycles. The van der Waals surface area contributed by atoms with Gasteiger partial charge < -0.3 is 10.3 Å². The Kier molecular flexibility index (Phi) is 3.01. The Hall–Kier alpha value is -2.37. The number of aliphatic carboxylic acids is 1. The number of hydrogen-bond donors (Lipinski definition) is 1. The first kappa shape index (κ1) is 12.1. The SMILES string of the molecule is Cc1c(C)[n+]([O-])c(-c2ccccn2)n1CC(=O)O. The standard InChI is InChI=1S/C12H13N3O3/c1-8-9(2)15(18)12(14(8)7-11(16)17)10-5-3-4-6-13-10/h3-6H,7H2,1-2H3,(H,16,17). The van der Waals surface area contributed by atoms with E-state index >= 15 is 0 Å². The molecule has 6 nitrogen and oxygen atoms in total. The van der Waals surface area contributed by atoms with Crippen LogP contribution < -0.4 is 4.73 Å². The molecular weight excluding hydrogens is 234 g/mol. The van der Waals surface area contributed by atoms with Gasteiger partial charge in [-0.3, -0.25) is 0 Å². The zero-order valence-corrected chi connectivity index (χ0v) is 10.1. The fourth-order valence-corrected chi connectivity index (χ4v) is 1.84.